The Kier molecular flexibility index (Phi) is 3.27. The predicted molar refractivity (Wildman–Crippen MR) is 46.6 cm³/mol. The zero-order chi connectivity index (χ0) is 10.0. The van der Waals surface area contributed by atoms with Crippen molar-refractivity contribution in [2.75, 3.05) is 0 Å². The highest BCUT2D eigenvalue weighted by Crippen LogP contribution is 2.24. The molecule has 0 saturated heterocycles. The molecule has 1 aromatic heterocycles. The van der Waals surface area contributed by atoms with Crippen molar-refractivity contribution in [2.24, 2.45) is 0 Å². The number of hydrogen-bond donors (Lipinski definition) is 1. The van der Waals surface area contributed by atoms with Gasteiger partial charge in [0, 0.05) is 5.56 Å². The SMILES string of the molecule is O=c1[nH]c(Cl)c(C(F)F)cc1CCl. The first-order valence-electron chi connectivity index (χ1n) is 3.32. The lowest BCUT2D eigenvalue weighted by Crippen LogP contribution is -2.12. The molecule has 1 aromatic rings. The standard InChI is InChI=1S/C7H5Cl2F2NO/c8-2-3-1-4(6(10)11)5(9)12-7(3)13/h1,6H,2H2,(H,12,13). The highest BCUT2D eigenvalue weighted by atomic mass is 35.5. The average Bonchev–Trinajstić information content (AvgIpc) is 2.03. The third kappa shape index (κ3) is 2.19. The molecule has 0 aliphatic heterocycles. The van der Waals surface area contributed by atoms with E-state index in [2.05, 4.69) is 4.98 Å². The molecule has 0 aliphatic rings. The molecular formula is C7H5Cl2F2NO. The summed E-state index contributed by atoms with van der Waals surface area (Å²) in [5, 5.41) is -0.339. The largest absolute Gasteiger partial charge is 0.312 e. The second-order valence-electron chi connectivity index (χ2n) is 2.33. The number of halogens is 4. The van der Waals surface area contributed by atoms with Crippen LogP contribution in [0.5, 0.6) is 0 Å². The van der Waals surface area contributed by atoms with E-state index in [0.717, 1.165) is 6.07 Å². The minimum absolute atomic E-state index is 0.0846. The van der Waals surface area contributed by atoms with Crippen LogP contribution in [-0.4, -0.2) is 4.98 Å². The van der Waals surface area contributed by atoms with Crippen LogP contribution >= 0.6 is 23.2 Å². The van der Waals surface area contributed by atoms with Crippen molar-refractivity contribution in [3.8, 4) is 0 Å². The lowest BCUT2D eigenvalue weighted by molar-refractivity contribution is 0.151. The van der Waals surface area contributed by atoms with Gasteiger partial charge in [-0.15, -0.1) is 11.6 Å². The summed E-state index contributed by atoms with van der Waals surface area (Å²) < 4.78 is 24.5. The molecule has 0 unspecified atom stereocenters. The second-order valence-corrected chi connectivity index (χ2v) is 2.97. The quantitative estimate of drug-likeness (QED) is 0.612. The molecule has 0 fully saturated rings. The number of hydrogen-bond acceptors (Lipinski definition) is 1. The summed E-state index contributed by atoms with van der Waals surface area (Å²) in [6.07, 6.45) is -2.72. The monoisotopic (exact) mass is 227 g/mol. The first-order valence-corrected chi connectivity index (χ1v) is 4.23. The first kappa shape index (κ1) is 10.5. The van der Waals surface area contributed by atoms with Crippen LogP contribution in [0.15, 0.2) is 10.9 Å². The van der Waals surface area contributed by atoms with Gasteiger partial charge >= 0.3 is 0 Å². The topological polar surface area (TPSA) is 32.9 Å². The lowest BCUT2D eigenvalue weighted by Gasteiger charge is -2.03. The van der Waals surface area contributed by atoms with E-state index in [0.29, 0.717) is 0 Å². The Morgan fingerprint density at radius 3 is 2.62 bits per heavy atom. The molecule has 72 valence electrons. The molecule has 0 atom stereocenters. The molecule has 0 radical (unpaired) electrons. The maximum absolute atomic E-state index is 12.2. The van der Waals surface area contributed by atoms with Gasteiger partial charge in [-0.2, -0.15) is 0 Å². The summed E-state index contributed by atoms with van der Waals surface area (Å²) in [6, 6.07) is 1.01. The maximum atomic E-state index is 12.2. The van der Waals surface area contributed by atoms with E-state index in [9.17, 15) is 13.6 Å². The second kappa shape index (κ2) is 4.07. The van der Waals surface area contributed by atoms with E-state index >= 15 is 0 Å². The summed E-state index contributed by atoms with van der Waals surface area (Å²) in [5.74, 6) is -0.119. The van der Waals surface area contributed by atoms with Crippen molar-refractivity contribution in [1.82, 2.24) is 4.98 Å². The molecule has 0 aliphatic carbocycles. The Morgan fingerprint density at radius 2 is 2.15 bits per heavy atom. The fourth-order valence-corrected chi connectivity index (χ4v) is 1.25. The van der Waals surface area contributed by atoms with Crippen LogP contribution in [-0.2, 0) is 5.88 Å². The van der Waals surface area contributed by atoms with Crippen LogP contribution in [0.25, 0.3) is 0 Å². The van der Waals surface area contributed by atoms with Crippen LogP contribution in [0.3, 0.4) is 0 Å². The third-order valence-electron chi connectivity index (χ3n) is 1.48. The normalized spacial score (nSPS) is 10.8. The molecule has 0 aromatic carbocycles. The Balaban J connectivity index is 3.31. The van der Waals surface area contributed by atoms with E-state index in [1.165, 1.54) is 0 Å². The van der Waals surface area contributed by atoms with Crippen LogP contribution in [0.2, 0.25) is 5.15 Å². The number of rotatable bonds is 2. The molecule has 0 bridgehead atoms. The molecule has 13 heavy (non-hydrogen) atoms. The van der Waals surface area contributed by atoms with Crippen molar-refractivity contribution < 1.29 is 8.78 Å². The van der Waals surface area contributed by atoms with Gasteiger partial charge in [-0.25, -0.2) is 8.78 Å². The lowest BCUT2D eigenvalue weighted by atomic mass is 10.2. The van der Waals surface area contributed by atoms with Gasteiger partial charge in [0.15, 0.2) is 0 Å². The van der Waals surface area contributed by atoms with Crippen molar-refractivity contribution in [2.45, 2.75) is 12.3 Å². The maximum Gasteiger partial charge on any atom is 0.266 e. The van der Waals surface area contributed by atoms with Crippen LogP contribution in [0.4, 0.5) is 8.78 Å². The number of aromatic nitrogens is 1. The number of H-pyrrole nitrogens is 1. The van der Waals surface area contributed by atoms with Crippen LogP contribution < -0.4 is 5.56 Å². The smallest absolute Gasteiger partial charge is 0.266 e. The van der Waals surface area contributed by atoms with E-state index in [-0.39, 0.29) is 16.6 Å². The Bertz CT molecular complexity index is 364. The van der Waals surface area contributed by atoms with E-state index in [1.807, 2.05) is 0 Å². The van der Waals surface area contributed by atoms with Crippen molar-refractivity contribution >= 4 is 23.2 Å². The van der Waals surface area contributed by atoms with Crippen molar-refractivity contribution in [3.63, 3.8) is 0 Å². The van der Waals surface area contributed by atoms with E-state index in [1.54, 1.807) is 0 Å². The summed E-state index contributed by atoms with van der Waals surface area (Å²) in [7, 11) is 0. The number of pyridine rings is 1. The Hall–Kier alpha value is -0.610. The highest BCUT2D eigenvalue weighted by molar-refractivity contribution is 6.30. The van der Waals surface area contributed by atoms with Gasteiger partial charge in [0.25, 0.3) is 12.0 Å². The predicted octanol–water partition coefficient (Wildman–Crippen LogP) is 2.70. The summed E-state index contributed by atoms with van der Waals surface area (Å²) >= 11 is 10.7. The molecule has 2 nitrogen and oxygen atoms in total. The Morgan fingerprint density at radius 1 is 1.54 bits per heavy atom. The summed E-state index contributed by atoms with van der Waals surface area (Å²) in [4.78, 5) is 13.1. The highest BCUT2D eigenvalue weighted by Gasteiger charge is 2.14. The molecule has 0 spiro atoms. The number of nitrogens with one attached hydrogen (secondary N) is 1. The number of alkyl halides is 3. The van der Waals surface area contributed by atoms with Crippen molar-refractivity contribution in [1.29, 1.82) is 0 Å². The molecule has 0 saturated carbocycles. The van der Waals surface area contributed by atoms with Gasteiger partial charge in [-0.1, -0.05) is 11.6 Å². The molecular weight excluding hydrogens is 223 g/mol. The van der Waals surface area contributed by atoms with Gasteiger partial charge in [0.2, 0.25) is 0 Å². The average molecular weight is 228 g/mol. The van der Waals surface area contributed by atoms with Gasteiger partial charge in [-0.3, -0.25) is 4.79 Å². The summed E-state index contributed by atoms with van der Waals surface area (Å²) in [5.41, 5.74) is -0.859. The molecule has 1 rings (SSSR count). The van der Waals surface area contributed by atoms with Crippen LogP contribution in [0.1, 0.15) is 17.6 Å². The van der Waals surface area contributed by atoms with E-state index in [4.69, 9.17) is 23.2 Å². The first-order chi connectivity index (χ1) is 6.06. The molecule has 0 amide bonds. The van der Waals surface area contributed by atoms with Crippen molar-refractivity contribution in [3.05, 3.63) is 32.7 Å². The van der Waals surface area contributed by atoms with E-state index < -0.39 is 17.5 Å². The van der Waals surface area contributed by atoms with Gasteiger partial charge in [0.05, 0.1) is 11.4 Å². The minimum atomic E-state index is -2.72. The van der Waals surface area contributed by atoms with Gasteiger partial charge in [-0.05, 0) is 6.07 Å². The molecule has 1 N–H and O–H groups in total. The number of aromatic amines is 1. The minimum Gasteiger partial charge on any atom is -0.312 e. The third-order valence-corrected chi connectivity index (χ3v) is 2.08. The Labute approximate surface area is 82.5 Å². The van der Waals surface area contributed by atoms with Gasteiger partial charge in [0.1, 0.15) is 5.15 Å². The molecule has 1 heterocycles. The molecule has 6 heteroatoms. The van der Waals surface area contributed by atoms with Gasteiger partial charge < -0.3 is 4.98 Å². The van der Waals surface area contributed by atoms with Crippen LogP contribution in [0, 0.1) is 0 Å². The fraction of sp³-hybridized carbons (Fsp3) is 0.286. The fourth-order valence-electron chi connectivity index (χ4n) is 0.827. The zero-order valence-corrected chi connectivity index (χ0v) is 7.79. The summed E-state index contributed by atoms with van der Waals surface area (Å²) in [6.45, 7) is 0. The zero-order valence-electron chi connectivity index (χ0n) is 6.28.